The minimum absolute atomic E-state index is 0.158. The number of aromatic nitrogens is 2. The van der Waals surface area contributed by atoms with Gasteiger partial charge in [-0.25, -0.2) is 0 Å². The molecule has 1 saturated heterocycles. The molecule has 1 spiro atoms. The predicted molar refractivity (Wildman–Crippen MR) is 80.3 cm³/mol. The van der Waals surface area contributed by atoms with Gasteiger partial charge in [-0.15, -0.1) is 10.2 Å². The van der Waals surface area contributed by atoms with Gasteiger partial charge in [0.15, 0.2) is 10.1 Å². The number of ether oxygens (including phenoxy) is 2. The summed E-state index contributed by atoms with van der Waals surface area (Å²) in [5.74, 6) is -0.400. The smallest absolute Gasteiger partial charge is 0.208 e. The van der Waals surface area contributed by atoms with Crippen LogP contribution in [0, 0.1) is 0 Å². The summed E-state index contributed by atoms with van der Waals surface area (Å²) in [5, 5.41) is 9.58. The lowest BCUT2D eigenvalue weighted by Crippen LogP contribution is -2.47. The van der Waals surface area contributed by atoms with Gasteiger partial charge >= 0.3 is 0 Å². The van der Waals surface area contributed by atoms with E-state index >= 15 is 0 Å². The first-order valence-corrected chi connectivity index (χ1v) is 8.49. The number of thioether (sulfide) groups is 1. The molecular formula is C12H20N4O2S2. The normalized spacial score (nSPS) is 28.9. The van der Waals surface area contributed by atoms with E-state index in [2.05, 4.69) is 10.2 Å². The Labute approximate surface area is 127 Å². The highest BCUT2D eigenvalue weighted by molar-refractivity contribution is 8.01. The van der Waals surface area contributed by atoms with Crippen molar-refractivity contribution in [2.75, 3.05) is 32.2 Å². The minimum Gasteiger partial charge on any atom is -0.353 e. The van der Waals surface area contributed by atoms with Crippen molar-refractivity contribution in [3.8, 4) is 0 Å². The molecule has 0 amide bonds. The molecule has 0 radical (unpaired) electrons. The highest BCUT2D eigenvalue weighted by Crippen LogP contribution is 2.42. The first kappa shape index (κ1) is 14.5. The number of nitrogens with two attached hydrogens (primary N) is 1. The van der Waals surface area contributed by atoms with Crippen molar-refractivity contribution in [1.29, 1.82) is 0 Å². The van der Waals surface area contributed by atoms with E-state index in [1.54, 1.807) is 23.1 Å². The SMILES string of the molecule is CN(C)c1nnc(SC2CC3(CCC2N)OCCO3)s1. The van der Waals surface area contributed by atoms with E-state index in [1.807, 2.05) is 19.0 Å². The Balaban J connectivity index is 1.68. The molecule has 2 unspecified atom stereocenters. The lowest BCUT2D eigenvalue weighted by atomic mass is 9.90. The number of hydrogen-bond acceptors (Lipinski definition) is 8. The first-order valence-electron chi connectivity index (χ1n) is 6.79. The zero-order valence-corrected chi connectivity index (χ0v) is 13.4. The number of rotatable bonds is 3. The molecule has 2 fully saturated rings. The second-order valence-electron chi connectivity index (χ2n) is 5.42. The van der Waals surface area contributed by atoms with Crippen LogP contribution in [-0.2, 0) is 9.47 Å². The van der Waals surface area contributed by atoms with Gasteiger partial charge in [-0.2, -0.15) is 0 Å². The van der Waals surface area contributed by atoms with Gasteiger partial charge in [0.2, 0.25) is 5.13 Å². The third-order valence-electron chi connectivity index (χ3n) is 3.69. The van der Waals surface area contributed by atoms with Gasteiger partial charge in [0.1, 0.15) is 0 Å². The van der Waals surface area contributed by atoms with Gasteiger partial charge in [0, 0.05) is 38.2 Å². The Kier molecular flexibility index (Phi) is 4.19. The fourth-order valence-corrected chi connectivity index (χ4v) is 4.87. The molecule has 1 aromatic heterocycles. The maximum absolute atomic E-state index is 6.26. The number of anilines is 1. The fraction of sp³-hybridized carbons (Fsp3) is 0.833. The lowest BCUT2D eigenvalue weighted by Gasteiger charge is -2.38. The average molecular weight is 316 g/mol. The van der Waals surface area contributed by atoms with E-state index in [0.29, 0.717) is 13.2 Å². The molecule has 8 heteroatoms. The Hall–Kier alpha value is -0.410. The largest absolute Gasteiger partial charge is 0.353 e. The minimum atomic E-state index is -0.400. The number of nitrogens with zero attached hydrogens (tertiary/aromatic N) is 3. The van der Waals surface area contributed by atoms with E-state index in [0.717, 1.165) is 28.7 Å². The molecule has 20 heavy (non-hydrogen) atoms. The summed E-state index contributed by atoms with van der Waals surface area (Å²) in [6, 6.07) is 0.158. The van der Waals surface area contributed by atoms with Gasteiger partial charge in [0.05, 0.1) is 13.2 Å². The van der Waals surface area contributed by atoms with Gasteiger partial charge in [-0.3, -0.25) is 0 Å². The van der Waals surface area contributed by atoms with E-state index in [1.165, 1.54) is 0 Å². The molecule has 0 bridgehead atoms. The van der Waals surface area contributed by atoms with Crippen molar-refractivity contribution in [3.63, 3.8) is 0 Å². The molecule has 112 valence electrons. The average Bonchev–Trinajstić information content (AvgIpc) is 3.04. The third-order valence-corrected chi connectivity index (χ3v) is 6.22. The summed E-state index contributed by atoms with van der Waals surface area (Å²) in [5.41, 5.74) is 6.26. The lowest BCUT2D eigenvalue weighted by molar-refractivity contribution is -0.176. The van der Waals surface area contributed by atoms with Crippen molar-refractivity contribution >= 4 is 28.2 Å². The van der Waals surface area contributed by atoms with Crippen LogP contribution in [0.4, 0.5) is 5.13 Å². The van der Waals surface area contributed by atoms with Crippen LogP contribution in [0.5, 0.6) is 0 Å². The zero-order chi connectivity index (χ0) is 14.2. The molecule has 1 aliphatic heterocycles. The quantitative estimate of drug-likeness (QED) is 0.901. The van der Waals surface area contributed by atoms with Crippen molar-refractivity contribution in [3.05, 3.63) is 0 Å². The second kappa shape index (κ2) is 5.76. The van der Waals surface area contributed by atoms with Crippen LogP contribution < -0.4 is 10.6 Å². The first-order chi connectivity index (χ1) is 9.58. The summed E-state index contributed by atoms with van der Waals surface area (Å²) in [4.78, 5) is 1.97. The molecule has 1 aromatic rings. The summed E-state index contributed by atoms with van der Waals surface area (Å²) in [6.45, 7) is 1.38. The summed E-state index contributed by atoms with van der Waals surface area (Å²) < 4.78 is 12.6. The van der Waals surface area contributed by atoms with Crippen LogP contribution in [-0.4, -0.2) is 54.6 Å². The standard InChI is InChI=1S/C12H20N4O2S2/c1-16(2)10-14-15-11(20-10)19-9-7-12(4-3-8(9)13)17-5-6-18-12/h8-9H,3-7,13H2,1-2H3. The van der Waals surface area contributed by atoms with Crippen LogP contribution in [0.1, 0.15) is 19.3 Å². The van der Waals surface area contributed by atoms with Crippen LogP contribution >= 0.6 is 23.1 Å². The van der Waals surface area contributed by atoms with Gasteiger partial charge in [-0.1, -0.05) is 23.1 Å². The van der Waals surface area contributed by atoms with Crippen LogP contribution in [0.2, 0.25) is 0 Å². The Morgan fingerprint density at radius 3 is 2.75 bits per heavy atom. The molecule has 1 saturated carbocycles. The van der Waals surface area contributed by atoms with E-state index in [-0.39, 0.29) is 11.3 Å². The molecule has 2 N–H and O–H groups in total. The van der Waals surface area contributed by atoms with Gasteiger partial charge in [-0.05, 0) is 6.42 Å². The fourth-order valence-electron chi connectivity index (χ4n) is 2.58. The van der Waals surface area contributed by atoms with Crippen molar-refractivity contribution in [2.24, 2.45) is 5.73 Å². The highest BCUT2D eigenvalue weighted by atomic mass is 32.2. The van der Waals surface area contributed by atoms with Crippen LogP contribution in [0.25, 0.3) is 0 Å². The molecule has 2 aliphatic rings. The van der Waals surface area contributed by atoms with Crippen molar-refractivity contribution in [1.82, 2.24) is 10.2 Å². The van der Waals surface area contributed by atoms with E-state index in [9.17, 15) is 0 Å². The van der Waals surface area contributed by atoms with Crippen LogP contribution in [0.3, 0.4) is 0 Å². The summed E-state index contributed by atoms with van der Waals surface area (Å²) in [6.07, 6.45) is 2.65. The summed E-state index contributed by atoms with van der Waals surface area (Å²) >= 11 is 3.30. The van der Waals surface area contributed by atoms with Crippen molar-refractivity contribution in [2.45, 2.75) is 40.7 Å². The molecule has 6 nitrogen and oxygen atoms in total. The zero-order valence-electron chi connectivity index (χ0n) is 11.7. The molecule has 1 aliphatic carbocycles. The summed E-state index contributed by atoms with van der Waals surface area (Å²) in [7, 11) is 3.94. The molecule has 0 aromatic carbocycles. The third kappa shape index (κ3) is 2.94. The second-order valence-corrected chi connectivity index (χ2v) is 7.86. The van der Waals surface area contributed by atoms with E-state index in [4.69, 9.17) is 15.2 Å². The Morgan fingerprint density at radius 1 is 1.35 bits per heavy atom. The van der Waals surface area contributed by atoms with E-state index < -0.39 is 5.79 Å². The number of hydrogen-bond donors (Lipinski definition) is 1. The Morgan fingerprint density at radius 2 is 2.10 bits per heavy atom. The van der Waals surface area contributed by atoms with Gasteiger partial charge < -0.3 is 20.1 Å². The van der Waals surface area contributed by atoms with Crippen LogP contribution in [0.15, 0.2) is 4.34 Å². The maximum atomic E-state index is 6.26. The predicted octanol–water partition coefficient (Wildman–Crippen LogP) is 1.32. The molecular weight excluding hydrogens is 296 g/mol. The highest BCUT2D eigenvalue weighted by Gasteiger charge is 2.44. The maximum Gasteiger partial charge on any atom is 0.208 e. The Bertz CT molecular complexity index is 462. The van der Waals surface area contributed by atoms with Gasteiger partial charge in [0.25, 0.3) is 0 Å². The molecule has 2 atom stereocenters. The molecule has 3 rings (SSSR count). The topological polar surface area (TPSA) is 73.5 Å². The molecule has 2 heterocycles. The monoisotopic (exact) mass is 316 g/mol. The van der Waals surface area contributed by atoms with Crippen molar-refractivity contribution < 1.29 is 9.47 Å².